The van der Waals surface area contributed by atoms with Crippen LogP contribution in [-0.2, 0) is 11.2 Å². The minimum absolute atomic E-state index is 0. The van der Waals surface area contributed by atoms with Crippen LogP contribution in [0.1, 0.15) is 12.0 Å². The number of likely N-dealkylation sites (tertiary alicyclic amines) is 1. The number of rotatable bonds is 5. The zero-order valence-electron chi connectivity index (χ0n) is 11.5. The Morgan fingerprint density at radius 1 is 1.38 bits per heavy atom. The molecule has 2 rings (SSSR count). The number of benzene rings is 1. The second-order valence-electron chi connectivity index (χ2n) is 4.93. The molecule has 1 unspecified atom stereocenters. The van der Waals surface area contributed by atoms with E-state index >= 15 is 0 Å². The molecular formula is C14H19ClF2N2O2. The summed E-state index contributed by atoms with van der Waals surface area (Å²) in [6.07, 6.45) is 1.22. The van der Waals surface area contributed by atoms with E-state index in [2.05, 4.69) is 4.74 Å². The number of hydrogen-bond donors (Lipinski definition) is 1. The summed E-state index contributed by atoms with van der Waals surface area (Å²) in [5.74, 6) is 0.532. The third-order valence-corrected chi connectivity index (χ3v) is 3.48. The van der Waals surface area contributed by atoms with E-state index in [1.54, 1.807) is 17.0 Å². The number of hydrogen-bond acceptors (Lipinski definition) is 3. The standard InChI is InChI=1S/C14H18F2N2O2.ClH/c15-14(16)20-12-3-1-10(2-4-12)7-13(19)18-6-5-11(8-17)9-18;/h1-4,11,14H,5-9,17H2;1H. The van der Waals surface area contributed by atoms with Gasteiger partial charge in [-0.05, 0) is 36.6 Å². The summed E-state index contributed by atoms with van der Waals surface area (Å²) in [5, 5.41) is 0. The minimum Gasteiger partial charge on any atom is -0.435 e. The van der Waals surface area contributed by atoms with Crippen molar-refractivity contribution in [3.05, 3.63) is 29.8 Å². The highest BCUT2D eigenvalue weighted by Gasteiger charge is 2.24. The molecule has 1 aromatic rings. The van der Waals surface area contributed by atoms with Crippen molar-refractivity contribution in [2.75, 3.05) is 19.6 Å². The predicted octanol–water partition coefficient (Wildman–Crippen LogP) is 2.06. The highest BCUT2D eigenvalue weighted by molar-refractivity contribution is 5.85. The average Bonchev–Trinajstić information content (AvgIpc) is 2.89. The zero-order chi connectivity index (χ0) is 14.5. The van der Waals surface area contributed by atoms with E-state index in [1.165, 1.54) is 12.1 Å². The van der Waals surface area contributed by atoms with Crippen molar-refractivity contribution >= 4 is 18.3 Å². The molecule has 1 saturated heterocycles. The molecular weight excluding hydrogens is 302 g/mol. The smallest absolute Gasteiger partial charge is 0.387 e. The van der Waals surface area contributed by atoms with Gasteiger partial charge in [-0.1, -0.05) is 12.1 Å². The molecule has 0 spiro atoms. The lowest BCUT2D eigenvalue weighted by atomic mass is 10.1. The summed E-state index contributed by atoms with van der Waals surface area (Å²) in [6, 6.07) is 6.15. The van der Waals surface area contributed by atoms with Gasteiger partial charge in [-0.2, -0.15) is 8.78 Å². The first-order valence-corrected chi connectivity index (χ1v) is 6.60. The Morgan fingerprint density at radius 2 is 2.05 bits per heavy atom. The molecule has 0 bridgehead atoms. The van der Waals surface area contributed by atoms with Crippen molar-refractivity contribution in [1.82, 2.24) is 4.90 Å². The fourth-order valence-electron chi connectivity index (χ4n) is 2.33. The van der Waals surface area contributed by atoms with Gasteiger partial charge in [0.25, 0.3) is 0 Å². The lowest BCUT2D eigenvalue weighted by molar-refractivity contribution is -0.129. The van der Waals surface area contributed by atoms with Crippen molar-refractivity contribution in [3.63, 3.8) is 0 Å². The average molecular weight is 321 g/mol. The van der Waals surface area contributed by atoms with Crippen molar-refractivity contribution in [2.24, 2.45) is 11.7 Å². The van der Waals surface area contributed by atoms with Gasteiger partial charge in [0.05, 0.1) is 6.42 Å². The molecule has 21 heavy (non-hydrogen) atoms. The molecule has 4 nitrogen and oxygen atoms in total. The van der Waals surface area contributed by atoms with Crippen molar-refractivity contribution < 1.29 is 18.3 Å². The van der Waals surface area contributed by atoms with E-state index < -0.39 is 6.61 Å². The monoisotopic (exact) mass is 320 g/mol. The van der Waals surface area contributed by atoms with Gasteiger partial charge in [-0.15, -0.1) is 12.4 Å². The van der Waals surface area contributed by atoms with Gasteiger partial charge in [-0.25, -0.2) is 0 Å². The number of ether oxygens (including phenoxy) is 1. The summed E-state index contributed by atoms with van der Waals surface area (Å²) in [4.78, 5) is 13.9. The van der Waals surface area contributed by atoms with Crippen LogP contribution in [0.5, 0.6) is 5.75 Å². The highest BCUT2D eigenvalue weighted by atomic mass is 35.5. The molecule has 1 fully saturated rings. The summed E-state index contributed by atoms with van der Waals surface area (Å²) in [7, 11) is 0. The van der Waals surface area contributed by atoms with Gasteiger partial charge >= 0.3 is 6.61 Å². The number of nitrogens with zero attached hydrogens (tertiary/aromatic N) is 1. The molecule has 0 radical (unpaired) electrons. The number of amides is 1. The number of nitrogens with two attached hydrogens (primary N) is 1. The van der Waals surface area contributed by atoms with Gasteiger partial charge in [0.1, 0.15) is 5.75 Å². The molecule has 1 aliphatic heterocycles. The van der Waals surface area contributed by atoms with Crippen molar-refractivity contribution in [2.45, 2.75) is 19.5 Å². The van der Waals surface area contributed by atoms with Gasteiger partial charge in [0.2, 0.25) is 5.91 Å². The number of alkyl halides is 2. The predicted molar refractivity (Wildman–Crippen MR) is 77.8 cm³/mol. The molecule has 1 aromatic carbocycles. The van der Waals surface area contributed by atoms with E-state index in [-0.39, 0.29) is 30.5 Å². The van der Waals surface area contributed by atoms with Crippen LogP contribution >= 0.6 is 12.4 Å². The number of carbonyl (C=O) groups is 1. The molecule has 7 heteroatoms. The van der Waals surface area contributed by atoms with E-state index in [0.717, 1.165) is 18.5 Å². The molecule has 1 aliphatic rings. The lowest BCUT2D eigenvalue weighted by Gasteiger charge is -2.16. The Balaban J connectivity index is 0.00000220. The van der Waals surface area contributed by atoms with Crippen LogP contribution in [-0.4, -0.2) is 37.1 Å². The van der Waals surface area contributed by atoms with Gasteiger partial charge in [0, 0.05) is 13.1 Å². The van der Waals surface area contributed by atoms with Gasteiger partial charge < -0.3 is 15.4 Å². The largest absolute Gasteiger partial charge is 0.435 e. The van der Waals surface area contributed by atoms with E-state index in [4.69, 9.17) is 5.73 Å². The first-order valence-electron chi connectivity index (χ1n) is 6.60. The second kappa shape index (κ2) is 8.14. The minimum atomic E-state index is -2.83. The van der Waals surface area contributed by atoms with E-state index in [1.807, 2.05) is 0 Å². The van der Waals surface area contributed by atoms with Crippen LogP contribution in [0.4, 0.5) is 8.78 Å². The maximum atomic E-state index is 12.1. The molecule has 118 valence electrons. The number of carbonyl (C=O) groups excluding carboxylic acids is 1. The quantitative estimate of drug-likeness (QED) is 0.903. The molecule has 1 amide bonds. The highest BCUT2D eigenvalue weighted by Crippen LogP contribution is 2.18. The first-order chi connectivity index (χ1) is 9.58. The summed E-state index contributed by atoms with van der Waals surface area (Å²) >= 11 is 0. The third-order valence-electron chi connectivity index (χ3n) is 3.48. The first kappa shape index (κ1) is 17.7. The van der Waals surface area contributed by atoms with Crippen LogP contribution in [0, 0.1) is 5.92 Å². The summed E-state index contributed by atoms with van der Waals surface area (Å²) < 4.78 is 28.3. The molecule has 1 heterocycles. The van der Waals surface area contributed by atoms with Gasteiger partial charge in [0.15, 0.2) is 0 Å². The van der Waals surface area contributed by atoms with Crippen LogP contribution in [0.25, 0.3) is 0 Å². The van der Waals surface area contributed by atoms with Crippen LogP contribution in [0.15, 0.2) is 24.3 Å². The van der Waals surface area contributed by atoms with Crippen molar-refractivity contribution in [3.8, 4) is 5.75 Å². The molecule has 2 N–H and O–H groups in total. The summed E-state index contributed by atoms with van der Waals surface area (Å²) in [5.41, 5.74) is 6.38. The molecule has 0 aromatic heterocycles. The van der Waals surface area contributed by atoms with Crippen LogP contribution in [0.2, 0.25) is 0 Å². The fraction of sp³-hybridized carbons (Fsp3) is 0.500. The van der Waals surface area contributed by atoms with Gasteiger partial charge in [-0.3, -0.25) is 4.79 Å². The molecule has 0 aliphatic carbocycles. The Labute approximate surface area is 128 Å². The fourth-order valence-corrected chi connectivity index (χ4v) is 2.33. The number of halogens is 3. The Hall–Kier alpha value is -1.40. The van der Waals surface area contributed by atoms with Crippen LogP contribution < -0.4 is 10.5 Å². The lowest BCUT2D eigenvalue weighted by Crippen LogP contribution is -2.31. The normalized spacial score (nSPS) is 17.7. The van der Waals surface area contributed by atoms with Crippen molar-refractivity contribution in [1.29, 1.82) is 0 Å². The van der Waals surface area contributed by atoms with E-state index in [0.29, 0.717) is 19.0 Å². The Morgan fingerprint density at radius 3 is 2.57 bits per heavy atom. The maximum absolute atomic E-state index is 12.1. The third kappa shape index (κ3) is 5.13. The second-order valence-corrected chi connectivity index (χ2v) is 4.93. The molecule has 0 saturated carbocycles. The maximum Gasteiger partial charge on any atom is 0.387 e. The Bertz CT molecular complexity index is 457. The Kier molecular flexibility index (Phi) is 6.84. The molecule has 1 atom stereocenters. The summed E-state index contributed by atoms with van der Waals surface area (Å²) in [6.45, 7) is -0.779. The van der Waals surface area contributed by atoms with Crippen LogP contribution in [0.3, 0.4) is 0 Å². The SMILES string of the molecule is Cl.NCC1CCN(C(=O)Cc2ccc(OC(F)F)cc2)C1. The zero-order valence-corrected chi connectivity index (χ0v) is 12.3. The topological polar surface area (TPSA) is 55.6 Å². The van der Waals surface area contributed by atoms with E-state index in [9.17, 15) is 13.6 Å².